The third-order valence-corrected chi connectivity index (χ3v) is 1.33. The summed E-state index contributed by atoms with van der Waals surface area (Å²) < 4.78 is 5.04. The molecule has 56 valence electrons. The standard InChI is InChI=1S/C7H10O3/c1-5-2-6(3-8)7(4-9)10-5/h2,8-9H,3-4H2,1H3. The topological polar surface area (TPSA) is 53.6 Å². The second kappa shape index (κ2) is 2.86. The van der Waals surface area contributed by atoms with Crippen molar-refractivity contribution in [1.29, 1.82) is 0 Å². The van der Waals surface area contributed by atoms with Crippen LogP contribution in [0.2, 0.25) is 0 Å². The van der Waals surface area contributed by atoms with Crippen LogP contribution in [0.15, 0.2) is 10.5 Å². The van der Waals surface area contributed by atoms with Crippen LogP contribution in [0, 0.1) is 6.92 Å². The largest absolute Gasteiger partial charge is 0.464 e. The smallest absolute Gasteiger partial charge is 0.135 e. The van der Waals surface area contributed by atoms with Crippen LogP contribution in [0.3, 0.4) is 0 Å². The molecular formula is C7H10O3. The SMILES string of the molecule is Cc1cc(CO)c(CO)o1. The maximum atomic E-state index is 8.69. The molecule has 0 fully saturated rings. The molecule has 0 spiro atoms. The van der Waals surface area contributed by atoms with Crippen LogP contribution >= 0.6 is 0 Å². The van der Waals surface area contributed by atoms with Crippen molar-refractivity contribution in [1.82, 2.24) is 0 Å². The lowest BCUT2D eigenvalue weighted by Gasteiger charge is -1.91. The molecular weight excluding hydrogens is 132 g/mol. The zero-order valence-corrected chi connectivity index (χ0v) is 5.79. The Morgan fingerprint density at radius 3 is 2.50 bits per heavy atom. The average molecular weight is 142 g/mol. The van der Waals surface area contributed by atoms with Gasteiger partial charge in [-0.15, -0.1) is 0 Å². The summed E-state index contributed by atoms with van der Waals surface area (Å²) in [5, 5.41) is 17.3. The van der Waals surface area contributed by atoms with Crippen LogP contribution in [0.1, 0.15) is 17.1 Å². The lowest BCUT2D eigenvalue weighted by atomic mass is 10.2. The van der Waals surface area contributed by atoms with Crippen molar-refractivity contribution in [2.75, 3.05) is 0 Å². The average Bonchev–Trinajstić information content (AvgIpc) is 2.30. The van der Waals surface area contributed by atoms with Gasteiger partial charge in [0.1, 0.15) is 18.1 Å². The molecule has 0 bridgehead atoms. The van der Waals surface area contributed by atoms with Crippen molar-refractivity contribution in [3.8, 4) is 0 Å². The molecule has 3 nitrogen and oxygen atoms in total. The van der Waals surface area contributed by atoms with E-state index < -0.39 is 0 Å². The minimum Gasteiger partial charge on any atom is -0.464 e. The Morgan fingerprint density at radius 1 is 1.40 bits per heavy atom. The van der Waals surface area contributed by atoms with Crippen molar-refractivity contribution in [2.45, 2.75) is 20.1 Å². The normalized spacial score (nSPS) is 10.3. The number of furan rings is 1. The van der Waals surface area contributed by atoms with Gasteiger partial charge < -0.3 is 14.6 Å². The van der Waals surface area contributed by atoms with Gasteiger partial charge >= 0.3 is 0 Å². The highest BCUT2D eigenvalue weighted by atomic mass is 16.4. The van der Waals surface area contributed by atoms with Gasteiger partial charge in [0, 0.05) is 5.56 Å². The Kier molecular flexibility index (Phi) is 2.09. The molecule has 1 rings (SSSR count). The van der Waals surface area contributed by atoms with E-state index in [0.29, 0.717) is 17.1 Å². The summed E-state index contributed by atoms with van der Waals surface area (Å²) >= 11 is 0. The first-order valence-corrected chi connectivity index (χ1v) is 3.08. The number of aliphatic hydroxyl groups is 2. The number of rotatable bonds is 2. The quantitative estimate of drug-likeness (QED) is 0.634. The fourth-order valence-electron chi connectivity index (χ4n) is 0.883. The summed E-state index contributed by atoms with van der Waals surface area (Å²) in [6, 6.07) is 1.71. The fourth-order valence-corrected chi connectivity index (χ4v) is 0.883. The van der Waals surface area contributed by atoms with E-state index in [2.05, 4.69) is 0 Å². The van der Waals surface area contributed by atoms with E-state index in [1.165, 1.54) is 0 Å². The minimum absolute atomic E-state index is 0.0762. The summed E-state index contributed by atoms with van der Waals surface area (Å²) in [4.78, 5) is 0. The van der Waals surface area contributed by atoms with Crippen LogP contribution in [0.25, 0.3) is 0 Å². The molecule has 1 aromatic rings. The van der Waals surface area contributed by atoms with E-state index in [-0.39, 0.29) is 13.2 Å². The molecule has 0 saturated heterocycles. The lowest BCUT2D eigenvalue weighted by Crippen LogP contribution is -1.86. The second-order valence-electron chi connectivity index (χ2n) is 2.12. The van der Waals surface area contributed by atoms with E-state index in [4.69, 9.17) is 14.6 Å². The molecule has 0 aliphatic carbocycles. The summed E-state index contributed by atoms with van der Waals surface area (Å²) in [6.07, 6.45) is 0. The number of aliphatic hydroxyl groups excluding tert-OH is 2. The van der Waals surface area contributed by atoms with Crippen molar-refractivity contribution in [3.63, 3.8) is 0 Å². The first-order chi connectivity index (χ1) is 4.77. The van der Waals surface area contributed by atoms with Crippen molar-refractivity contribution < 1.29 is 14.6 Å². The fraction of sp³-hybridized carbons (Fsp3) is 0.429. The number of hydrogen-bond acceptors (Lipinski definition) is 3. The van der Waals surface area contributed by atoms with E-state index in [1.807, 2.05) is 0 Å². The van der Waals surface area contributed by atoms with Gasteiger partial charge in [-0.2, -0.15) is 0 Å². The van der Waals surface area contributed by atoms with Crippen LogP contribution in [-0.4, -0.2) is 10.2 Å². The summed E-state index contributed by atoms with van der Waals surface area (Å²) in [5.41, 5.74) is 0.667. The van der Waals surface area contributed by atoms with Gasteiger partial charge in [0.25, 0.3) is 0 Å². The molecule has 1 aromatic heterocycles. The highest BCUT2D eigenvalue weighted by Gasteiger charge is 2.05. The predicted octanol–water partition coefficient (Wildman–Crippen LogP) is 0.573. The van der Waals surface area contributed by atoms with E-state index >= 15 is 0 Å². The molecule has 0 amide bonds. The predicted molar refractivity (Wildman–Crippen MR) is 35.3 cm³/mol. The molecule has 0 unspecified atom stereocenters. The van der Waals surface area contributed by atoms with Crippen molar-refractivity contribution in [2.24, 2.45) is 0 Å². The number of hydrogen-bond donors (Lipinski definition) is 2. The zero-order valence-electron chi connectivity index (χ0n) is 5.79. The molecule has 3 heteroatoms. The van der Waals surface area contributed by atoms with Crippen LogP contribution < -0.4 is 0 Å². The van der Waals surface area contributed by atoms with Gasteiger partial charge in [-0.25, -0.2) is 0 Å². The molecule has 10 heavy (non-hydrogen) atoms. The zero-order chi connectivity index (χ0) is 7.56. The van der Waals surface area contributed by atoms with Crippen LogP contribution in [-0.2, 0) is 13.2 Å². The van der Waals surface area contributed by atoms with E-state index in [1.54, 1.807) is 13.0 Å². The molecule has 0 aliphatic rings. The van der Waals surface area contributed by atoms with Crippen molar-refractivity contribution >= 4 is 0 Å². The van der Waals surface area contributed by atoms with Gasteiger partial charge in [0.2, 0.25) is 0 Å². The minimum atomic E-state index is -0.149. The van der Waals surface area contributed by atoms with Crippen LogP contribution in [0.5, 0.6) is 0 Å². The van der Waals surface area contributed by atoms with Crippen LogP contribution in [0.4, 0.5) is 0 Å². The summed E-state index contributed by atoms with van der Waals surface area (Å²) in [7, 11) is 0. The Balaban J connectivity index is 2.96. The van der Waals surface area contributed by atoms with Gasteiger partial charge in [-0.1, -0.05) is 0 Å². The Morgan fingerprint density at radius 2 is 2.10 bits per heavy atom. The van der Waals surface area contributed by atoms with Gasteiger partial charge in [-0.3, -0.25) is 0 Å². The molecule has 0 aliphatic heterocycles. The first-order valence-electron chi connectivity index (χ1n) is 3.08. The first kappa shape index (κ1) is 7.31. The van der Waals surface area contributed by atoms with E-state index in [9.17, 15) is 0 Å². The maximum Gasteiger partial charge on any atom is 0.135 e. The molecule has 0 atom stereocenters. The lowest BCUT2D eigenvalue weighted by molar-refractivity contribution is 0.231. The Labute approximate surface area is 58.9 Å². The molecule has 0 saturated carbocycles. The van der Waals surface area contributed by atoms with Gasteiger partial charge in [0.15, 0.2) is 0 Å². The molecule has 0 radical (unpaired) electrons. The molecule has 1 heterocycles. The summed E-state index contributed by atoms with van der Waals surface area (Å²) in [5.74, 6) is 1.17. The Bertz CT molecular complexity index is 193. The monoisotopic (exact) mass is 142 g/mol. The van der Waals surface area contributed by atoms with Crippen molar-refractivity contribution in [3.05, 3.63) is 23.2 Å². The molecule has 0 aromatic carbocycles. The van der Waals surface area contributed by atoms with E-state index in [0.717, 1.165) is 0 Å². The van der Waals surface area contributed by atoms with Gasteiger partial charge in [0.05, 0.1) is 6.61 Å². The molecule has 2 N–H and O–H groups in total. The number of aryl methyl sites for hydroxylation is 1. The highest BCUT2D eigenvalue weighted by molar-refractivity contribution is 5.19. The summed E-state index contributed by atoms with van der Waals surface area (Å²) in [6.45, 7) is 1.55. The maximum absolute atomic E-state index is 8.69. The highest BCUT2D eigenvalue weighted by Crippen LogP contribution is 2.14. The third kappa shape index (κ3) is 1.20. The van der Waals surface area contributed by atoms with Gasteiger partial charge in [-0.05, 0) is 13.0 Å². The third-order valence-electron chi connectivity index (χ3n) is 1.33. The Hall–Kier alpha value is -0.800. The second-order valence-corrected chi connectivity index (χ2v) is 2.12.